The summed E-state index contributed by atoms with van der Waals surface area (Å²) in [6, 6.07) is 16.8. The minimum atomic E-state index is -0.214. The highest BCUT2D eigenvalue weighted by atomic mass is 32.2. The monoisotopic (exact) mass is 405 g/mol. The molecule has 0 saturated carbocycles. The van der Waals surface area contributed by atoms with E-state index in [0.717, 1.165) is 22.0 Å². The molecule has 8 heteroatoms. The molecular weight excluding hydrogens is 386 g/mol. The number of aromatic nitrogens is 4. The summed E-state index contributed by atoms with van der Waals surface area (Å²) in [5, 5.41) is 8.09. The Morgan fingerprint density at radius 3 is 2.72 bits per heavy atom. The first kappa shape index (κ1) is 18.9. The van der Waals surface area contributed by atoms with Crippen LogP contribution in [0, 0.1) is 0 Å². The summed E-state index contributed by atoms with van der Waals surface area (Å²) >= 11 is 1.57. The maximum Gasteiger partial charge on any atom is 0.259 e. The van der Waals surface area contributed by atoms with Gasteiger partial charge in [0.25, 0.3) is 11.7 Å². The van der Waals surface area contributed by atoms with E-state index < -0.39 is 0 Å². The number of fused-ring (bicyclic) bond motifs is 1. The molecule has 0 spiro atoms. The molecule has 4 aromatic rings. The van der Waals surface area contributed by atoms with Crippen LogP contribution < -0.4 is 10.1 Å². The first-order valence-corrected chi connectivity index (χ1v) is 9.91. The van der Waals surface area contributed by atoms with Gasteiger partial charge in [0.15, 0.2) is 0 Å². The molecule has 0 saturated heterocycles. The fourth-order valence-electron chi connectivity index (χ4n) is 2.84. The second kappa shape index (κ2) is 8.32. The predicted molar refractivity (Wildman–Crippen MR) is 112 cm³/mol. The van der Waals surface area contributed by atoms with Gasteiger partial charge in [-0.15, -0.1) is 0 Å². The molecule has 146 valence electrons. The molecule has 0 radical (unpaired) electrons. The molecule has 2 aromatic carbocycles. The lowest BCUT2D eigenvalue weighted by Gasteiger charge is -2.10. The van der Waals surface area contributed by atoms with Crippen LogP contribution in [0.1, 0.15) is 23.0 Å². The molecule has 0 bridgehead atoms. The first-order valence-electron chi connectivity index (χ1n) is 9.10. The number of carbonyl (C=O) groups excluding carboxylic acids is 1. The standard InChI is InChI=1S/C21H19N5O2S/c1-3-14-12-19(26-21(25-14)22-13-23-26)29-16-10-8-15(9-11-16)24-20(27)17-6-4-5-7-18(17)28-2/h4-13H,3H2,1-2H3,(H,24,27). The second-order valence-corrected chi connectivity index (χ2v) is 7.29. The van der Waals surface area contributed by atoms with Crippen LogP contribution in [-0.2, 0) is 6.42 Å². The number of carbonyl (C=O) groups is 1. The third-order valence-corrected chi connectivity index (χ3v) is 5.33. The quantitative estimate of drug-likeness (QED) is 0.487. The van der Waals surface area contributed by atoms with Crippen molar-refractivity contribution in [1.82, 2.24) is 19.6 Å². The zero-order valence-electron chi connectivity index (χ0n) is 16.0. The normalized spacial score (nSPS) is 10.8. The number of benzene rings is 2. The van der Waals surface area contributed by atoms with Crippen molar-refractivity contribution in [3.05, 3.63) is 72.2 Å². The fraction of sp³-hybridized carbons (Fsp3) is 0.143. The summed E-state index contributed by atoms with van der Waals surface area (Å²) in [5.74, 6) is 0.917. The van der Waals surface area contributed by atoms with Gasteiger partial charge in [0.05, 0.1) is 12.7 Å². The van der Waals surface area contributed by atoms with Crippen molar-refractivity contribution in [3.8, 4) is 5.75 Å². The van der Waals surface area contributed by atoms with Gasteiger partial charge in [-0.3, -0.25) is 4.79 Å². The summed E-state index contributed by atoms with van der Waals surface area (Å²) in [6.45, 7) is 2.06. The van der Waals surface area contributed by atoms with Gasteiger partial charge in [-0.2, -0.15) is 14.6 Å². The van der Waals surface area contributed by atoms with Gasteiger partial charge in [-0.1, -0.05) is 30.8 Å². The maximum absolute atomic E-state index is 12.5. The zero-order chi connectivity index (χ0) is 20.2. The van der Waals surface area contributed by atoms with E-state index in [2.05, 4.69) is 27.3 Å². The molecule has 0 fully saturated rings. The van der Waals surface area contributed by atoms with Gasteiger partial charge in [0.2, 0.25) is 0 Å². The average molecular weight is 405 g/mol. The van der Waals surface area contributed by atoms with Crippen LogP contribution in [0.15, 0.2) is 70.8 Å². The van der Waals surface area contributed by atoms with Gasteiger partial charge >= 0.3 is 0 Å². The first-order chi connectivity index (χ1) is 14.2. The molecule has 1 amide bonds. The average Bonchev–Trinajstić information content (AvgIpc) is 3.24. The Balaban J connectivity index is 1.51. The summed E-state index contributed by atoms with van der Waals surface area (Å²) in [7, 11) is 1.55. The Hall–Kier alpha value is -3.39. The van der Waals surface area contributed by atoms with Gasteiger partial charge < -0.3 is 10.1 Å². The van der Waals surface area contributed by atoms with Gasteiger partial charge in [0, 0.05) is 16.3 Å². The van der Waals surface area contributed by atoms with Gasteiger partial charge in [-0.25, -0.2) is 4.98 Å². The topological polar surface area (TPSA) is 81.4 Å². The van der Waals surface area contributed by atoms with Crippen LogP contribution >= 0.6 is 11.8 Å². The molecule has 1 N–H and O–H groups in total. The van der Waals surface area contributed by atoms with Gasteiger partial charge in [0.1, 0.15) is 17.1 Å². The molecule has 0 atom stereocenters. The number of anilines is 1. The largest absolute Gasteiger partial charge is 0.496 e. The number of aryl methyl sites for hydroxylation is 1. The SMILES string of the molecule is CCc1cc(Sc2ccc(NC(=O)c3ccccc3OC)cc2)n2ncnc2n1. The highest BCUT2D eigenvalue weighted by molar-refractivity contribution is 7.99. The van der Waals surface area contributed by atoms with Crippen LogP contribution in [0.25, 0.3) is 5.78 Å². The fourth-order valence-corrected chi connectivity index (χ4v) is 3.77. The Kier molecular flexibility index (Phi) is 5.44. The number of hydrogen-bond acceptors (Lipinski definition) is 6. The number of hydrogen-bond donors (Lipinski definition) is 1. The third-order valence-electron chi connectivity index (χ3n) is 4.32. The van der Waals surface area contributed by atoms with Crippen LogP contribution in [-0.4, -0.2) is 32.6 Å². The van der Waals surface area contributed by atoms with E-state index >= 15 is 0 Å². The van der Waals surface area contributed by atoms with Crippen molar-refractivity contribution < 1.29 is 9.53 Å². The number of para-hydroxylation sites is 1. The molecule has 2 heterocycles. The lowest BCUT2D eigenvalue weighted by Crippen LogP contribution is -2.12. The lowest BCUT2D eigenvalue weighted by atomic mass is 10.2. The van der Waals surface area contributed by atoms with E-state index in [0.29, 0.717) is 22.8 Å². The summed E-state index contributed by atoms with van der Waals surface area (Å²) in [4.78, 5) is 22.2. The van der Waals surface area contributed by atoms with Crippen molar-refractivity contribution in [2.45, 2.75) is 23.3 Å². The molecule has 0 unspecified atom stereocenters. The number of nitrogens with one attached hydrogen (secondary N) is 1. The molecule has 7 nitrogen and oxygen atoms in total. The smallest absolute Gasteiger partial charge is 0.259 e. The molecule has 0 aliphatic rings. The highest BCUT2D eigenvalue weighted by Gasteiger charge is 2.12. The van der Waals surface area contributed by atoms with E-state index in [4.69, 9.17) is 4.74 Å². The minimum Gasteiger partial charge on any atom is -0.496 e. The van der Waals surface area contributed by atoms with Crippen LogP contribution in [0.3, 0.4) is 0 Å². The maximum atomic E-state index is 12.5. The number of ether oxygens (including phenoxy) is 1. The summed E-state index contributed by atoms with van der Waals surface area (Å²) < 4.78 is 6.98. The molecule has 0 aliphatic heterocycles. The second-order valence-electron chi connectivity index (χ2n) is 6.19. The van der Waals surface area contributed by atoms with Gasteiger partial charge in [-0.05, 0) is 48.9 Å². The van der Waals surface area contributed by atoms with E-state index in [1.165, 1.54) is 6.33 Å². The lowest BCUT2D eigenvalue weighted by molar-refractivity contribution is 0.102. The van der Waals surface area contributed by atoms with Crippen molar-refractivity contribution in [2.24, 2.45) is 0 Å². The Labute approximate surface area is 172 Å². The van der Waals surface area contributed by atoms with Crippen molar-refractivity contribution in [2.75, 3.05) is 12.4 Å². The summed E-state index contributed by atoms with van der Waals surface area (Å²) in [6.07, 6.45) is 2.33. The molecule has 4 rings (SSSR count). The number of amides is 1. The molecule has 29 heavy (non-hydrogen) atoms. The number of methoxy groups -OCH3 is 1. The Morgan fingerprint density at radius 1 is 1.17 bits per heavy atom. The number of rotatable bonds is 6. The van der Waals surface area contributed by atoms with Crippen molar-refractivity contribution in [1.29, 1.82) is 0 Å². The molecule has 0 aliphatic carbocycles. The van der Waals surface area contributed by atoms with E-state index in [-0.39, 0.29) is 5.91 Å². The molecular formula is C21H19N5O2S. The van der Waals surface area contributed by atoms with Crippen LogP contribution in [0.5, 0.6) is 5.75 Å². The van der Waals surface area contributed by atoms with Crippen LogP contribution in [0.2, 0.25) is 0 Å². The Bertz CT molecular complexity index is 1160. The Morgan fingerprint density at radius 2 is 1.97 bits per heavy atom. The van der Waals surface area contributed by atoms with E-state index in [9.17, 15) is 4.79 Å². The summed E-state index contributed by atoms with van der Waals surface area (Å²) in [5.41, 5.74) is 2.17. The van der Waals surface area contributed by atoms with Crippen molar-refractivity contribution in [3.63, 3.8) is 0 Å². The van der Waals surface area contributed by atoms with Crippen molar-refractivity contribution >= 4 is 29.1 Å². The van der Waals surface area contributed by atoms with Crippen LogP contribution in [0.4, 0.5) is 5.69 Å². The molecule has 2 aromatic heterocycles. The number of nitrogens with zero attached hydrogens (tertiary/aromatic N) is 4. The minimum absolute atomic E-state index is 0.214. The highest BCUT2D eigenvalue weighted by Crippen LogP contribution is 2.29. The van der Waals surface area contributed by atoms with E-state index in [1.54, 1.807) is 41.6 Å². The van der Waals surface area contributed by atoms with E-state index in [1.807, 2.05) is 36.4 Å². The predicted octanol–water partition coefficient (Wildman–Crippen LogP) is 4.10. The third kappa shape index (κ3) is 4.07. The zero-order valence-corrected chi connectivity index (χ0v) is 16.8.